The summed E-state index contributed by atoms with van der Waals surface area (Å²) in [6.07, 6.45) is 1.34. The van der Waals surface area contributed by atoms with E-state index in [4.69, 9.17) is 0 Å². The lowest BCUT2D eigenvalue weighted by Crippen LogP contribution is -2.49. The van der Waals surface area contributed by atoms with E-state index in [-0.39, 0.29) is 17.9 Å². The molecule has 0 spiro atoms. The number of carbonyl (C=O) groups excluding carboxylic acids is 1. The Morgan fingerprint density at radius 2 is 1.91 bits per heavy atom. The lowest BCUT2D eigenvalue weighted by molar-refractivity contribution is -0.137. The minimum atomic E-state index is -4.42. The molecule has 34 heavy (non-hydrogen) atoms. The molecular formula is C24H25F3N6O. The topological polar surface area (TPSA) is 83.9 Å². The third-order valence-electron chi connectivity index (χ3n) is 6.09. The Balaban J connectivity index is 1.49. The minimum absolute atomic E-state index is 0.100. The highest BCUT2D eigenvalue weighted by atomic mass is 19.4. The van der Waals surface area contributed by atoms with E-state index in [0.717, 1.165) is 30.8 Å². The van der Waals surface area contributed by atoms with Crippen molar-refractivity contribution < 1.29 is 18.0 Å². The Bertz CT molecular complexity index is 1140. The van der Waals surface area contributed by atoms with Crippen molar-refractivity contribution in [1.29, 1.82) is 0 Å². The molecule has 4 rings (SSSR count). The van der Waals surface area contributed by atoms with Crippen molar-refractivity contribution >= 4 is 11.7 Å². The molecule has 0 saturated carbocycles. The maximum absolute atomic E-state index is 13.6. The Morgan fingerprint density at radius 1 is 1.15 bits per heavy atom. The summed E-state index contributed by atoms with van der Waals surface area (Å²) in [5, 5.41) is 3.12. The number of nitrogens with zero attached hydrogens (tertiary/aromatic N) is 5. The van der Waals surface area contributed by atoms with Gasteiger partial charge >= 0.3 is 6.18 Å². The largest absolute Gasteiger partial charge is 0.417 e. The van der Waals surface area contributed by atoms with Gasteiger partial charge in [-0.05, 0) is 62.9 Å². The quantitative estimate of drug-likeness (QED) is 0.586. The molecule has 1 aliphatic heterocycles. The highest BCUT2D eigenvalue weighted by Gasteiger charge is 2.34. The minimum Gasteiger partial charge on any atom is -0.370 e. The molecule has 1 N–H and O–H groups in total. The van der Waals surface area contributed by atoms with Gasteiger partial charge in [0.25, 0.3) is 5.91 Å². The van der Waals surface area contributed by atoms with Crippen molar-refractivity contribution in [2.45, 2.75) is 38.9 Å². The Hall–Kier alpha value is -3.56. The number of anilines is 1. The molecule has 10 heteroatoms. The van der Waals surface area contributed by atoms with Crippen LogP contribution in [0.2, 0.25) is 0 Å². The number of rotatable bonds is 5. The predicted octanol–water partition coefficient (Wildman–Crippen LogP) is 4.61. The summed E-state index contributed by atoms with van der Waals surface area (Å²) in [7, 11) is 0. The average Bonchev–Trinajstić information content (AvgIpc) is 2.83. The molecule has 0 unspecified atom stereocenters. The molecule has 7 nitrogen and oxygen atoms in total. The number of nitrogens with one attached hydrogen (secondary N) is 1. The van der Waals surface area contributed by atoms with Crippen LogP contribution in [0.15, 0.2) is 48.9 Å². The lowest BCUT2D eigenvalue weighted by atomic mass is 9.89. The second-order valence-electron chi connectivity index (χ2n) is 8.37. The molecular weight excluding hydrogens is 445 g/mol. The normalized spacial score (nSPS) is 18.6. The van der Waals surface area contributed by atoms with Crippen LogP contribution in [0.3, 0.4) is 0 Å². The molecule has 1 fully saturated rings. The number of likely N-dealkylation sites (tertiary alicyclic amines) is 1. The standard InChI is InChI=1S/C24H25F3N6O/c1-15-6-8-19(22-28-10-4-11-29-22)21(32-15)23(34)33-12-3-5-17(16(33)2)13-30-20-9-7-18(14-31-20)24(25,26)27/h4,6-11,14,16-17H,3,5,12-13H2,1-2H3,(H,30,31)/t16-,17-/m0/s1. The van der Waals surface area contributed by atoms with E-state index in [1.54, 1.807) is 18.5 Å². The van der Waals surface area contributed by atoms with Gasteiger partial charge in [0.15, 0.2) is 5.82 Å². The molecule has 1 amide bonds. The molecule has 3 aromatic heterocycles. The first kappa shape index (κ1) is 23.6. The molecule has 3 aromatic rings. The lowest BCUT2D eigenvalue weighted by Gasteiger charge is -2.39. The number of aromatic nitrogens is 4. The monoisotopic (exact) mass is 470 g/mol. The van der Waals surface area contributed by atoms with Crippen LogP contribution < -0.4 is 5.32 Å². The molecule has 0 aliphatic carbocycles. The fourth-order valence-corrected chi connectivity index (χ4v) is 4.16. The first-order valence-electron chi connectivity index (χ1n) is 11.1. The summed E-state index contributed by atoms with van der Waals surface area (Å²) in [6.45, 7) is 4.90. The van der Waals surface area contributed by atoms with Crippen LogP contribution in [0, 0.1) is 12.8 Å². The molecule has 2 atom stereocenters. The molecule has 1 saturated heterocycles. The third-order valence-corrected chi connectivity index (χ3v) is 6.09. The van der Waals surface area contributed by atoms with Crippen LogP contribution in [0.25, 0.3) is 11.4 Å². The summed E-state index contributed by atoms with van der Waals surface area (Å²) >= 11 is 0. The van der Waals surface area contributed by atoms with E-state index < -0.39 is 11.7 Å². The van der Waals surface area contributed by atoms with Gasteiger partial charge in [-0.25, -0.2) is 19.9 Å². The highest BCUT2D eigenvalue weighted by molar-refractivity contribution is 5.98. The number of hydrogen-bond donors (Lipinski definition) is 1. The molecule has 0 aromatic carbocycles. The van der Waals surface area contributed by atoms with Gasteiger partial charge in [0, 0.05) is 43.4 Å². The summed E-state index contributed by atoms with van der Waals surface area (Å²) in [5.74, 6) is 0.723. The number of hydrogen-bond acceptors (Lipinski definition) is 6. The first-order chi connectivity index (χ1) is 16.2. The summed E-state index contributed by atoms with van der Waals surface area (Å²) in [5.41, 5.74) is 0.831. The predicted molar refractivity (Wildman–Crippen MR) is 121 cm³/mol. The molecule has 178 valence electrons. The van der Waals surface area contributed by atoms with Crippen molar-refractivity contribution in [2.24, 2.45) is 5.92 Å². The van der Waals surface area contributed by atoms with E-state index in [0.29, 0.717) is 36.0 Å². The van der Waals surface area contributed by atoms with Crippen molar-refractivity contribution in [2.75, 3.05) is 18.4 Å². The zero-order chi connectivity index (χ0) is 24.3. The molecule has 0 bridgehead atoms. The SMILES string of the molecule is Cc1ccc(-c2ncccn2)c(C(=O)N2CCC[C@@H](CNc3ccc(C(F)(F)F)cn3)[C@@H]2C)n1. The van der Waals surface area contributed by atoms with E-state index in [2.05, 4.69) is 25.3 Å². The second kappa shape index (κ2) is 9.74. The zero-order valence-electron chi connectivity index (χ0n) is 18.9. The van der Waals surface area contributed by atoms with Crippen LogP contribution in [0.5, 0.6) is 0 Å². The van der Waals surface area contributed by atoms with Gasteiger partial charge in [-0.2, -0.15) is 13.2 Å². The molecule has 4 heterocycles. The third kappa shape index (κ3) is 5.16. The fraction of sp³-hybridized carbons (Fsp3) is 0.375. The summed E-state index contributed by atoms with van der Waals surface area (Å²) in [4.78, 5) is 32.3. The van der Waals surface area contributed by atoms with Gasteiger partial charge in [0.05, 0.1) is 11.1 Å². The highest BCUT2D eigenvalue weighted by Crippen LogP contribution is 2.30. The van der Waals surface area contributed by atoms with E-state index in [9.17, 15) is 18.0 Å². The van der Waals surface area contributed by atoms with Gasteiger partial charge in [0.1, 0.15) is 11.5 Å². The number of aryl methyl sites for hydroxylation is 1. The van der Waals surface area contributed by atoms with Crippen LogP contribution in [-0.2, 0) is 6.18 Å². The number of carbonyl (C=O) groups is 1. The maximum Gasteiger partial charge on any atom is 0.417 e. The van der Waals surface area contributed by atoms with Gasteiger partial charge in [-0.1, -0.05) is 0 Å². The second-order valence-corrected chi connectivity index (χ2v) is 8.37. The van der Waals surface area contributed by atoms with Crippen LogP contribution in [-0.4, -0.2) is 49.9 Å². The fourth-order valence-electron chi connectivity index (χ4n) is 4.16. The first-order valence-corrected chi connectivity index (χ1v) is 11.1. The number of amides is 1. The van der Waals surface area contributed by atoms with Gasteiger partial charge < -0.3 is 10.2 Å². The number of halogens is 3. The number of pyridine rings is 2. The van der Waals surface area contributed by atoms with Gasteiger partial charge in [-0.15, -0.1) is 0 Å². The smallest absolute Gasteiger partial charge is 0.370 e. The summed E-state index contributed by atoms with van der Waals surface area (Å²) < 4.78 is 38.3. The summed E-state index contributed by atoms with van der Waals surface area (Å²) in [6, 6.07) is 7.58. The average molecular weight is 470 g/mol. The Morgan fingerprint density at radius 3 is 2.59 bits per heavy atom. The van der Waals surface area contributed by atoms with Crippen molar-refractivity contribution in [3.8, 4) is 11.4 Å². The Labute approximate surface area is 195 Å². The van der Waals surface area contributed by atoms with Crippen LogP contribution in [0.4, 0.5) is 19.0 Å². The molecule has 0 radical (unpaired) electrons. The number of alkyl halides is 3. The van der Waals surface area contributed by atoms with Gasteiger partial charge in [0.2, 0.25) is 0 Å². The molecule has 1 aliphatic rings. The Kier molecular flexibility index (Phi) is 6.76. The number of piperidine rings is 1. The zero-order valence-corrected chi connectivity index (χ0v) is 18.9. The van der Waals surface area contributed by atoms with Crippen molar-refractivity contribution in [1.82, 2.24) is 24.8 Å². The van der Waals surface area contributed by atoms with Crippen molar-refractivity contribution in [3.63, 3.8) is 0 Å². The van der Waals surface area contributed by atoms with Crippen molar-refractivity contribution in [3.05, 3.63) is 65.9 Å². The van der Waals surface area contributed by atoms with E-state index in [1.165, 1.54) is 6.07 Å². The van der Waals surface area contributed by atoms with E-state index in [1.807, 2.05) is 30.9 Å². The van der Waals surface area contributed by atoms with E-state index >= 15 is 0 Å². The van der Waals surface area contributed by atoms with Crippen LogP contribution >= 0.6 is 0 Å². The van der Waals surface area contributed by atoms with Gasteiger partial charge in [-0.3, -0.25) is 4.79 Å². The van der Waals surface area contributed by atoms with Crippen LogP contribution in [0.1, 0.15) is 41.5 Å². The maximum atomic E-state index is 13.6.